The number of nitrogens with two attached hydrogens (primary N) is 1. The predicted octanol–water partition coefficient (Wildman–Crippen LogP) is 4.34. The van der Waals surface area contributed by atoms with Crippen molar-refractivity contribution < 1.29 is 10.2 Å². The fraction of sp³-hybridized carbons (Fsp3) is 0.172. The van der Waals surface area contributed by atoms with Crippen LogP contribution in [-0.2, 0) is 13.1 Å². The third-order valence-corrected chi connectivity index (χ3v) is 6.39. The number of rotatable bonds is 8. The molecule has 0 radical (unpaired) electrons. The molecule has 0 bridgehead atoms. The number of imidazole rings is 1. The standard InChI is InChI=1S/C29H29N5O2/c1-33(13-14-35)18-23-6-2-3-8-25(23)21-9-11-22(12-10-21)27-29(36)28-26(17-31-27)32-19-34(28)24-7-4-5-20(15-24)16-30/h2-12,15,17,19,35-36H,13-14,16,18,30H2,1H3. The molecule has 182 valence electrons. The Labute approximate surface area is 210 Å². The van der Waals surface area contributed by atoms with Crippen LogP contribution >= 0.6 is 0 Å². The van der Waals surface area contributed by atoms with Crippen LogP contribution in [0.3, 0.4) is 0 Å². The molecule has 0 atom stereocenters. The Morgan fingerprint density at radius 3 is 2.50 bits per heavy atom. The van der Waals surface area contributed by atoms with E-state index in [4.69, 9.17) is 5.73 Å². The normalized spacial score (nSPS) is 11.4. The van der Waals surface area contributed by atoms with E-state index >= 15 is 0 Å². The second-order valence-corrected chi connectivity index (χ2v) is 8.87. The van der Waals surface area contributed by atoms with Gasteiger partial charge in [-0.15, -0.1) is 0 Å². The molecule has 5 aromatic rings. The topological polar surface area (TPSA) is 100 Å². The molecule has 0 fully saturated rings. The predicted molar refractivity (Wildman–Crippen MR) is 143 cm³/mol. The molecular formula is C29H29N5O2. The van der Waals surface area contributed by atoms with Gasteiger partial charge in [-0.25, -0.2) is 9.97 Å². The summed E-state index contributed by atoms with van der Waals surface area (Å²) in [5, 5.41) is 20.5. The highest BCUT2D eigenvalue weighted by atomic mass is 16.3. The summed E-state index contributed by atoms with van der Waals surface area (Å²) in [5.74, 6) is 0.0851. The van der Waals surface area contributed by atoms with Crippen molar-refractivity contribution in [1.29, 1.82) is 0 Å². The average molecular weight is 480 g/mol. The van der Waals surface area contributed by atoms with E-state index in [1.54, 1.807) is 12.5 Å². The summed E-state index contributed by atoms with van der Waals surface area (Å²) >= 11 is 0. The number of nitrogens with zero attached hydrogens (tertiary/aromatic N) is 4. The quantitative estimate of drug-likeness (QED) is 0.306. The maximum absolute atomic E-state index is 11.3. The smallest absolute Gasteiger partial charge is 0.168 e. The zero-order valence-electron chi connectivity index (χ0n) is 20.2. The number of aliphatic hydroxyl groups excluding tert-OH is 1. The van der Waals surface area contributed by atoms with Gasteiger partial charge in [0.1, 0.15) is 23.1 Å². The zero-order valence-corrected chi connectivity index (χ0v) is 20.2. The van der Waals surface area contributed by atoms with Crippen molar-refractivity contribution >= 4 is 11.0 Å². The van der Waals surface area contributed by atoms with Crippen molar-refractivity contribution in [2.24, 2.45) is 5.73 Å². The monoisotopic (exact) mass is 479 g/mol. The van der Waals surface area contributed by atoms with Gasteiger partial charge in [0.2, 0.25) is 0 Å². The Bertz CT molecular complexity index is 1490. The third-order valence-electron chi connectivity index (χ3n) is 6.39. The summed E-state index contributed by atoms with van der Waals surface area (Å²) in [4.78, 5) is 11.1. The molecule has 7 heteroatoms. The van der Waals surface area contributed by atoms with Gasteiger partial charge in [-0.2, -0.15) is 0 Å². The Balaban J connectivity index is 1.51. The zero-order chi connectivity index (χ0) is 25.1. The molecule has 7 nitrogen and oxygen atoms in total. The lowest BCUT2D eigenvalue weighted by Gasteiger charge is -2.18. The molecule has 0 unspecified atom stereocenters. The molecule has 4 N–H and O–H groups in total. The van der Waals surface area contributed by atoms with E-state index in [1.807, 2.05) is 72.3 Å². The number of aromatic hydroxyl groups is 1. The number of hydrogen-bond acceptors (Lipinski definition) is 6. The first-order valence-electron chi connectivity index (χ1n) is 11.9. The summed E-state index contributed by atoms with van der Waals surface area (Å²) < 4.78 is 1.86. The minimum absolute atomic E-state index is 0.0851. The van der Waals surface area contributed by atoms with Gasteiger partial charge in [0.15, 0.2) is 5.75 Å². The summed E-state index contributed by atoms with van der Waals surface area (Å²) in [7, 11) is 2.00. The third kappa shape index (κ3) is 4.59. The van der Waals surface area contributed by atoms with Crippen LogP contribution in [-0.4, -0.2) is 49.8 Å². The van der Waals surface area contributed by atoms with Crippen LogP contribution in [0, 0.1) is 0 Å². The maximum Gasteiger partial charge on any atom is 0.168 e. The van der Waals surface area contributed by atoms with E-state index in [0.717, 1.165) is 34.5 Å². The summed E-state index contributed by atoms with van der Waals surface area (Å²) in [6.45, 7) is 1.93. The average Bonchev–Trinajstić information content (AvgIpc) is 3.35. The lowest BCUT2D eigenvalue weighted by atomic mass is 9.97. The molecule has 0 saturated heterocycles. The number of aliphatic hydroxyl groups is 1. The van der Waals surface area contributed by atoms with Gasteiger partial charge < -0.3 is 15.9 Å². The van der Waals surface area contributed by atoms with E-state index in [2.05, 4.69) is 27.0 Å². The van der Waals surface area contributed by atoms with Gasteiger partial charge in [-0.3, -0.25) is 9.47 Å². The lowest BCUT2D eigenvalue weighted by molar-refractivity contribution is 0.217. The van der Waals surface area contributed by atoms with Crippen LogP contribution in [0.5, 0.6) is 5.75 Å². The first kappa shape index (κ1) is 23.7. The minimum Gasteiger partial charge on any atom is -0.504 e. The molecule has 5 rings (SSSR count). The molecule has 0 aliphatic heterocycles. The van der Waals surface area contributed by atoms with Crippen molar-refractivity contribution in [1.82, 2.24) is 19.4 Å². The maximum atomic E-state index is 11.3. The van der Waals surface area contributed by atoms with Gasteiger partial charge in [-0.05, 0) is 41.4 Å². The van der Waals surface area contributed by atoms with Crippen LogP contribution in [0.25, 0.3) is 39.1 Å². The highest BCUT2D eigenvalue weighted by Crippen LogP contribution is 2.36. The van der Waals surface area contributed by atoms with E-state index in [9.17, 15) is 10.2 Å². The Morgan fingerprint density at radius 1 is 0.944 bits per heavy atom. The Hall–Kier alpha value is -4.04. The molecule has 2 heterocycles. The first-order chi connectivity index (χ1) is 17.6. The van der Waals surface area contributed by atoms with Gasteiger partial charge in [0.05, 0.1) is 12.8 Å². The summed E-state index contributed by atoms with van der Waals surface area (Å²) in [6.07, 6.45) is 3.38. The van der Waals surface area contributed by atoms with Crippen LogP contribution in [0.4, 0.5) is 0 Å². The van der Waals surface area contributed by atoms with Crippen LogP contribution < -0.4 is 5.73 Å². The highest BCUT2D eigenvalue weighted by molar-refractivity contribution is 5.89. The van der Waals surface area contributed by atoms with Crippen molar-refractivity contribution in [3.8, 4) is 33.8 Å². The molecular weight excluding hydrogens is 450 g/mol. The molecule has 0 aliphatic carbocycles. The van der Waals surface area contributed by atoms with Crippen molar-refractivity contribution in [3.63, 3.8) is 0 Å². The van der Waals surface area contributed by atoms with Crippen molar-refractivity contribution in [3.05, 3.63) is 96.4 Å². The number of aromatic nitrogens is 3. The number of pyridine rings is 1. The summed E-state index contributed by atoms with van der Waals surface area (Å²) in [6, 6.07) is 24.2. The Morgan fingerprint density at radius 2 is 1.72 bits per heavy atom. The minimum atomic E-state index is 0.0851. The SMILES string of the molecule is CN(CCO)Cc1ccccc1-c1ccc(-c2ncc3ncn(-c4cccc(CN)c4)c3c2O)cc1. The Kier molecular flexibility index (Phi) is 6.77. The first-order valence-corrected chi connectivity index (χ1v) is 11.9. The fourth-order valence-electron chi connectivity index (χ4n) is 4.52. The molecule has 3 aromatic carbocycles. The molecule has 0 aliphatic rings. The van der Waals surface area contributed by atoms with E-state index < -0.39 is 0 Å². The fourth-order valence-corrected chi connectivity index (χ4v) is 4.52. The van der Waals surface area contributed by atoms with Gasteiger partial charge >= 0.3 is 0 Å². The number of benzene rings is 3. The second-order valence-electron chi connectivity index (χ2n) is 8.87. The van der Waals surface area contributed by atoms with Crippen LogP contribution in [0.15, 0.2) is 85.3 Å². The van der Waals surface area contributed by atoms with Crippen molar-refractivity contribution in [2.45, 2.75) is 13.1 Å². The number of fused-ring (bicyclic) bond motifs is 1. The molecule has 36 heavy (non-hydrogen) atoms. The van der Waals surface area contributed by atoms with E-state index in [0.29, 0.717) is 29.8 Å². The second kappa shape index (κ2) is 10.3. The molecule has 0 saturated carbocycles. The van der Waals surface area contributed by atoms with Crippen LogP contribution in [0.2, 0.25) is 0 Å². The van der Waals surface area contributed by atoms with Gasteiger partial charge in [-0.1, -0.05) is 60.7 Å². The number of hydrogen-bond donors (Lipinski definition) is 3. The van der Waals surface area contributed by atoms with E-state index in [1.165, 1.54) is 5.56 Å². The van der Waals surface area contributed by atoms with Crippen LogP contribution in [0.1, 0.15) is 11.1 Å². The highest BCUT2D eigenvalue weighted by Gasteiger charge is 2.16. The van der Waals surface area contributed by atoms with E-state index in [-0.39, 0.29) is 12.4 Å². The molecule has 0 amide bonds. The van der Waals surface area contributed by atoms with Crippen molar-refractivity contribution in [2.75, 3.05) is 20.2 Å². The van der Waals surface area contributed by atoms with Gasteiger partial charge in [0, 0.05) is 30.9 Å². The number of likely N-dealkylation sites (N-methyl/N-ethyl adjacent to an activating group) is 1. The largest absolute Gasteiger partial charge is 0.504 e. The van der Waals surface area contributed by atoms with Gasteiger partial charge in [0.25, 0.3) is 0 Å². The lowest BCUT2D eigenvalue weighted by Crippen LogP contribution is -2.21. The summed E-state index contributed by atoms with van der Waals surface area (Å²) in [5.41, 5.74) is 13.6. The molecule has 0 spiro atoms. The molecule has 2 aromatic heterocycles.